The molecule has 96 valence electrons. The second kappa shape index (κ2) is 6.74. The van der Waals surface area contributed by atoms with Gasteiger partial charge in [0.25, 0.3) is 5.91 Å². The first-order valence-electron chi connectivity index (χ1n) is 4.70. The lowest BCUT2D eigenvalue weighted by Gasteiger charge is -2.25. The first-order chi connectivity index (χ1) is 7.31. The van der Waals surface area contributed by atoms with E-state index in [9.17, 15) is 20.1 Å². The fourth-order valence-electron chi connectivity index (χ4n) is 0.987. The Balaban J connectivity index is 4.36. The van der Waals surface area contributed by atoms with Crippen molar-refractivity contribution in [1.29, 1.82) is 0 Å². The fourth-order valence-corrected chi connectivity index (χ4v) is 0.987. The molecule has 0 spiro atoms. The van der Waals surface area contributed by atoms with E-state index in [4.69, 9.17) is 15.9 Å². The molecule has 0 fully saturated rings. The van der Waals surface area contributed by atoms with Crippen LogP contribution in [0.1, 0.15) is 6.92 Å². The Morgan fingerprint density at radius 2 is 1.75 bits per heavy atom. The van der Waals surface area contributed by atoms with Gasteiger partial charge >= 0.3 is 0 Å². The van der Waals surface area contributed by atoms with Gasteiger partial charge in [0, 0.05) is 0 Å². The summed E-state index contributed by atoms with van der Waals surface area (Å²) >= 11 is 0. The first kappa shape index (κ1) is 15.2. The van der Waals surface area contributed by atoms with Crippen molar-refractivity contribution >= 4 is 5.91 Å². The van der Waals surface area contributed by atoms with E-state index in [0.29, 0.717) is 0 Å². The van der Waals surface area contributed by atoms with Crippen LogP contribution in [0.5, 0.6) is 0 Å². The Morgan fingerprint density at radius 3 is 2.12 bits per heavy atom. The average Bonchev–Trinajstić information content (AvgIpc) is 2.23. The third-order valence-electron chi connectivity index (χ3n) is 1.89. The quantitative estimate of drug-likeness (QED) is 0.231. The summed E-state index contributed by atoms with van der Waals surface area (Å²) in [4.78, 5) is 11.2. The third-order valence-corrected chi connectivity index (χ3v) is 1.89. The maximum absolute atomic E-state index is 11.2. The summed E-state index contributed by atoms with van der Waals surface area (Å²) in [5.74, 6) is -0.980. The zero-order chi connectivity index (χ0) is 12.9. The van der Waals surface area contributed by atoms with E-state index in [0.717, 1.165) is 0 Å². The predicted molar refractivity (Wildman–Crippen MR) is 52.9 cm³/mol. The van der Waals surface area contributed by atoms with Crippen molar-refractivity contribution < 1.29 is 30.3 Å². The molecule has 0 aliphatic rings. The van der Waals surface area contributed by atoms with Crippen LogP contribution in [0.15, 0.2) is 0 Å². The van der Waals surface area contributed by atoms with Crippen LogP contribution in [0, 0.1) is 0 Å². The summed E-state index contributed by atoms with van der Waals surface area (Å²) in [7, 11) is 0. The van der Waals surface area contributed by atoms with Crippen molar-refractivity contribution in [2.45, 2.75) is 37.5 Å². The number of carbonyl (C=O) groups excluding carboxylic acids is 1. The van der Waals surface area contributed by atoms with Crippen molar-refractivity contribution in [3.63, 3.8) is 0 Å². The molecule has 16 heavy (non-hydrogen) atoms. The zero-order valence-electron chi connectivity index (χ0n) is 8.82. The second-order valence-electron chi connectivity index (χ2n) is 3.47. The summed E-state index contributed by atoms with van der Waals surface area (Å²) in [5.41, 5.74) is 5.22. The molecule has 0 saturated heterocycles. The highest BCUT2D eigenvalue weighted by atomic mass is 16.4. The molecule has 8 heteroatoms. The summed E-state index contributed by atoms with van der Waals surface area (Å²) in [6, 6.07) is 0. The molecule has 0 aromatic rings. The predicted octanol–water partition coefficient (Wildman–Crippen LogP) is -4.16. The highest BCUT2D eigenvalue weighted by molar-refractivity contribution is 5.81. The van der Waals surface area contributed by atoms with Gasteiger partial charge in [-0.1, -0.05) is 0 Å². The topological polar surface area (TPSA) is 156 Å². The fraction of sp³-hybridized carbons (Fsp3) is 0.875. The van der Waals surface area contributed by atoms with E-state index in [2.05, 4.69) is 5.32 Å². The van der Waals surface area contributed by atoms with Crippen molar-refractivity contribution in [2.24, 2.45) is 5.73 Å². The lowest BCUT2D eigenvalue weighted by atomic mass is 10.0. The number of rotatable bonds is 6. The minimum Gasteiger partial charge on any atom is -0.394 e. The smallest absolute Gasteiger partial charge is 0.252 e. The van der Waals surface area contributed by atoms with Gasteiger partial charge in [-0.15, -0.1) is 0 Å². The molecular weight excluding hydrogens is 220 g/mol. The maximum Gasteiger partial charge on any atom is 0.252 e. The van der Waals surface area contributed by atoms with Crippen molar-refractivity contribution in [1.82, 2.24) is 5.32 Å². The minimum atomic E-state index is -1.94. The van der Waals surface area contributed by atoms with Gasteiger partial charge in [0.15, 0.2) is 6.10 Å². The van der Waals surface area contributed by atoms with Crippen LogP contribution >= 0.6 is 0 Å². The van der Waals surface area contributed by atoms with Crippen LogP contribution in [-0.4, -0.2) is 68.6 Å². The number of nitrogens with one attached hydrogen (secondary N) is 1. The second-order valence-corrected chi connectivity index (χ2v) is 3.47. The third kappa shape index (κ3) is 4.39. The molecule has 1 amide bonds. The van der Waals surface area contributed by atoms with E-state index in [1.54, 1.807) is 0 Å². The van der Waals surface area contributed by atoms with Gasteiger partial charge in [-0.05, 0) is 6.92 Å². The van der Waals surface area contributed by atoms with Crippen LogP contribution < -0.4 is 11.1 Å². The summed E-state index contributed by atoms with van der Waals surface area (Å²) in [6.45, 7) is 0.635. The summed E-state index contributed by atoms with van der Waals surface area (Å²) in [6.07, 6.45) is -8.07. The summed E-state index contributed by atoms with van der Waals surface area (Å²) < 4.78 is 0. The first-order valence-corrected chi connectivity index (χ1v) is 4.70. The van der Waals surface area contributed by atoms with Crippen LogP contribution in [-0.2, 0) is 4.79 Å². The van der Waals surface area contributed by atoms with E-state index in [1.807, 2.05) is 0 Å². The molecule has 5 atom stereocenters. The Kier molecular flexibility index (Phi) is 6.41. The standard InChI is InChI=1S/C8H18N2O6/c1-3(9)10-8(16)7(15)6(14)5(13)4(12)2-11/h3-7,11-15H,2,9H2,1H3,(H,10,16). The molecule has 0 aliphatic heterocycles. The molecule has 0 aliphatic carbocycles. The highest BCUT2D eigenvalue weighted by Gasteiger charge is 2.34. The number of aliphatic hydroxyl groups excluding tert-OH is 5. The minimum absolute atomic E-state index is 0.728. The Morgan fingerprint density at radius 1 is 1.25 bits per heavy atom. The molecule has 5 unspecified atom stereocenters. The van der Waals surface area contributed by atoms with Crippen LogP contribution in [0.2, 0.25) is 0 Å². The van der Waals surface area contributed by atoms with Gasteiger partial charge < -0.3 is 36.6 Å². The Bertz CT molecular complexity index is 225. The number of carbonyl (C=O) groups is 1. The molecule has 0 heterocycles. The molecule has 0 aromatic heterocycles. The highest BCUT2D eigenvalue weighted by Crippen LogP contribution is 2.05. The number of hydrogen-bond acceptors (Lipinski definition) is 7. The van der Waals surface area contributed by atoms with Crippen molar-refractivity contribution in [3.05, 3.63) is 0 Å². The van der Waals surface area contributed by atoms with E-state index in [-0.39, 0.29) is 0 Å². The monoisotopic (exact) mass is 238 g/mol. The molecule has 0 aromatic carbocycles. The number of amides is 1. The Hall–Kier alpha value is -0.770. The van der Waals surface area contributed by atoms with Crippen LogP contribution in [0.25, 0.3) is 0 Å². The molecule has 0 radical (unpaired) electrons. The number of hydrogen-bond donors (Lipinski definition) is 7. The maximum atomic E-state index is 11.2. The zero-order valence-corrected chi connectivity index (χ0v) is 8.82. The van der Waals surface area contributed by atoms with Crippen molar-refractivity contribution in [3.8, 4) is 0 Å². The van der Waals surface area contributed by atoms with Gasteiger partial charge in [-0.3, -0.25) is 4.79 Å². The molecule has 0 saturated carbocycles. The number of nitrogens with two attached hydrogens (primary N) is 1. The molecule has 0 bridgehead atoms. The SMILES string of the molecule is CC(N)NC(=O)C(O)C(O)C(O)C(O)CO. The van der Waals surface area contributed by atoms with E-state index < -0.39 is 43.1 Å². The van der Waals surface area contributed by atoms with Gasteiger partial charge in [-0.25, -0.2) is 0 Å². The number of aliphatic hydroxyl groups is 5. The van der Waals surface area contributed by atoms with E-state index in [1.165, 1.54) is 6.92 Å². The van der Waals surface area contributed by atoms with Crippen LogP contribution in [0.3, 0.4) is 0 Å². The van der Waals surface area contributed by atoms with Gasteiger partial charge in [0.2, 0.25) is 0 Å². The molecule has 8 N–H and O–H groups in total. The average molecular weight is 238 g/mol. The van der Waals surface area contributed by atoms with E-state index >= 15 is 0 Å². The molecule has 0 rings (SSSR count). The Labute approximate surface area is 92.3 Å². The van der Waals surface area contributed by atoms with Crippen LogP contribution in [0.4, 0.5) is 0 Å². The van der Waals surface area contributed by atoms with Gasteiger partial charge in [0.1, 0.15) is 18.3 Å². The largest absolute Gasteiger partial charge is 0.394 e. The van der Waals surface area contributed by atoms with Gasteiger partial charge in [-0.2, -0.15) is 0 Å². The van der Waals surface area contributed by atoms with Crippen molar-refractivity contribution in [2.75, 3.05) is 6.61 Å². The molecule has 8 nitrogen and oxygen atoms in total. The molecular formula is C8H18N2O6. The summed E-state index contributed by atoms with van der Waals surface area (Å²) in [5, 5.41) is 47.4. The lowest BCUT2D eigenvalue weighted by Crippen LogP contribution is -2.54. The lowest BCUT2D eigenvalue weighted by molar-refractivity contribution is -0.149. The normalized spacial score (nSPS) is 20.7. The van der Waals surface area contributed by atoms with Gasteiger partial charge in [0.05, 0.1) is 12.8 Å².